The first kappa shape index (κ1) is 10.6. The van der Waals surface area contributed by atoms with Crippen molar-refractivity contribution in [3.05, 3.63) is 23.8 Å². The summed E-state index contributed by atoms with van der Waals surface area (Å²) in [5.41, 5.74) is 2.04. The quantitative estimate of drug-likeness (QED) is 0.849. The second kappa shape index (κ2) is 3.76. The molecule has 1 atom stereocenters. The van der Waals surface area contributed by atoms with Crippen molar-refractivity contribution in [3.63, 3.8) is 0 Å². The summed E-state index contributed by atoms with van der Waals surface area (Å²) < 4.78 is 5.79. The molecular formula is C14H17NO2. The molecule has 1 aliphatic heterocycles. The number of fused-ring (bicyclic) bond motifs is 1. The summed E-state index contributed by atoms with van der Waals surface area (Å²) in [7, 11) is 0. The number of carbonyl (C=O) groups is 1. The van der Waals surface area contributed by atoms with E-state index in [2.05, 4.69) is 25.2 Å². The van der Waals surface area contributed by atoms with Gasteiger partial charge in [0.2, 0.25) is 0 Å². The summed E-state index contributed by atoms with van der Waals surface area (Å²) in [5.74, 6) is 1.71. The van der Waals surface area contributed by atoms with E-state index >= 15 is 0 Å². The smallest absolute Gasteiger partial charge is 0.265 e. The zero-order valence-corrected chi connectivity index (χ0v) is 10.2. The Balaban J connectivity index is 1.90. The fraction of sp³-hybridized carbons (Fsp3) is 0.500. The van der Waals surface area contributed by atoms with Crippen LogP contribution < -0.4 is 10.1 Å². The third kappa shape index (κ3) is 1.90. The Morgan fingerprint density at radius 1 is 1.35 bits per heavy atom. The zero-order chi connectivity index (χ0) is 12.0. The molecule has 90 valence electrons. The van der Waals surface area contributed by atoms with Crippen LogP contribution >= 0.6 is 0 Å². The maximum Gasteiger partial charge on any atom is 0.265 e. The van der Waals surface area contributed by atoms with Crippen molar-refractivity contribution in [1.82, 2.24) is 0 Å². The van der Waals surface area contributed by atoms with Crippen LogP contribution in [0.3, 0.4) is 0 Å². The van der Waals surface area contributed by atoms with E-state index in [0.29, 0.717) is 11.8 Å². The Hall–Kier alpha value is -1.51. The maximum atomic E-state index is 11.9. The number of hydrogen-bond donors (Lipinski definition) is 1. The van der Waals surface area contributed by atoms with Crippen LogP contribution in [0.15, 0.2) is 18.2 Å². The van der Waals surface area contributed by atoms with Gasteiger partial charge in [0.05, 0.1) is 5.69 Å². The van der Waals surface area contributed by atoms with Crippen LogP contribution in [-0.4, -0.2) is 12.0 Å². The van der Waals surface area contributed by atoms with Crippen LogP contribution in [0.1, 0.15) is 38.2 Å². The summed E-state index contributed by atoms with van der Waals surface area (Å²) >= 11 is 0. The molecule has 0 radical (unpaired) electrons. The van der Waals surface area contributed by atoms with E-state index in [1.54, 1.807) is 0 Å². The minimum Gasteiger partial charge on any atom is -0.478 e. The number of hydrogen-bond acceptors (Lipinski definition) is 2. The molecule has 1 heterocycles. The SMILES string of the molecule is CC(C)c1ccc2c(c1)NC(=O)C(C1CC1)O2. The van der Waals surface area contributed by atoms with Crippen molar-refractivity contribution in [2.45, 2.75) is 38.7 Å². The molecule has 1 fully saturated rings. The molecule has 3 rings (SSSR count). The second-order valence-corrected chi connectivity index (χ2v) is 5.28. The van der Waals surface area contributed by atoms with Gasteiger partial charge in [0.15, 0.2) is 6.10 Å². The van der Waals surface area contributed by atoms with E-state index in [-0.39, 0.29) is 12.0 Å². The highest BCUT2D eigenvalue weighted by atomic mass is 16.5. The molecule has 1 N–H and O–H groups in total. The van der Waals surface area contributed by atoms with Gasteiger partial charge in [-0.3, -0.25) is 4.79 Å². The lowest BCUT2D eigenvalue weighted by molar-refractivity contribution is -0.124. The Morgan fingerprint density at radius 3 is 2.76 bits per heavy atom. The minimum absolute atomic E-state index is 0.0147. The molecule has 0 aromatic heterocycles. The molecule has 0 bridgehead atoms. The van der Waals surface area contributed by atoms with Gasteiger partial charge < -0.3 is 10.1 Å². The summed E-state index contributed by atoms with van der Waals surface area (Å²) in [6.45, 7) is 4.28. The predicted octanol–water partition coefficient (Wildman–Crippen LogP) is 2.92. The van der Waals surface area contributed by atoms with E-state index in [1.807, 2.05) is 12.1 Å². The standard InChI is InChI=1S/C14H17NO2/c1-8(2)10-5-6-12-11(7-10)15-14(16)13(17-12)9-3-4-9/h5-9,13H,3-4H2,1-2H3,(H,15,16). The predicted molar refractivity (Wildman–Crippen MR) is 66.3 cm³/mol. The number of anilines is 1. The fourth-order valence-electron chi connectivity index (χ4n) is 2.21. The maximum absolute atomic E-state index is 11.9. The van der Waals surface area contributed by atoms with Gasteiger partial charge in [0, 0.05) is 5.92 Å². The zero-order valence-electron chi connectivity index (χ0n) is 10.2. The van der Waals surface area contributed by atoms with Crippen molar-refractivity contribution in [1.29, 1.82) is 0 Å². The minimum atomic E-state index is -0.271. The van der Waals surface area contributed by atoms with E-state index in [4.69, 9.17) is 4.74 Å². The Labute approximate surface area is 101 Å². The number of carbonyl (C=O) groups excluding carboxylic acids is 1. The monoisotopic (exact) mass is 231 g/mol. The third-order valence-electron chi connectivity index (χ3n) is 3.49. The van der Waals surface area contributed by atoms with Crippen LogP contribution in [0.25, 0.3) is 0 Å². The van der Waals surface area contributed by atoms with Gasteiger partial charge in [-0.2, -0.15) is 0 Å². The molecule has 0 saturated heterocycles. The van der Waals surface area contributed by atoms with Gasteiger partial charge in [-0.05, 0) is 36.5 Å². The Morgan fingerprint density at radius 2 is 2.12 bits per heavy atom. The van der Waals surface area contributed by atoms with E-state index in [0.717, 1.165) is 24.3 Å². The Kier molecular flexibility index (Phi) is 2.35. The molecule has 2 aliphatic rings. The molecule has 1 unspecified atom stereocenters. The topological polar surface area (TPSA) is 38.3 Å². The molecular weight excluding hydrogens is 214 g/mol. The van der Waals surface area contributed by atoms with Crippen molar-refractivity contribution in [3.8, 4) is 5.75 Å². The summed E-state index contributed by atoms with van der Waals surface area (Å²) in [4.78, 5) is 11.9. The number of benzene rings is 1. The lowest BCUT2D eigenvalue weighted by Gasteiger charge is -2.26. The average molecular weight is 231 g/mol. The highest BCUT2D eigenvalue weighted by Gasteiger charge is 2.40. The molecule has 0 spiro atoms. The number of ether oxygens (including phenoxy) is 1. The van der Waals surface area contributed by atoms with Crippen molar-refractivity contribution in [2.75, 3.05) is 5.32 Å². The molecule has 1 amide bonds. The second-order valence-electron chi connectivity index (χ2n) is 5.28. The summed E-state index contributed by atoms with van der Waals surface area (Å²) in [6, 6.07) is 6.06. The number of rotatable bonds is 2. The van der Waals surface area contributed by atoms with Crippen molar-refractivity contribution >= 4 is 11.6 Å². The van der Waals surface area contributed by atoms with Crippen molar-refractivity contribution < 1.29 is 9.53 Å². The van der Waals surface area contributed by atoms with Crippen LogP contribution in [-0.2, 0) is 4.79 Å². The highest BCUT2D eigenvalue weighted by molar-refractivity contribution is 5.98. The molecule has 3 heteroatoms. The van der Waals surface area contributed by atoms with Gasteiger partial charge in [-0.15, -0.1) is 0 Å². The normalized spacial score (nSPS) is 23.0. The lowest BCUT2D eigenvalue weighted by atomic mass is 10.0. The average Bonchev–Trinajstić information content (AvgIpc) is 3.11. The lowest BCUT2D eigenvalue weighted by Crippen LogP contribution is -2.38. The van der Waals surface area contributed by atoms with Gasteiger partial charge in [0.1, 0.15) is 5.75 Å². The fourth-order valence-corrected chi connectivity index (χ4v) is 2.21. The molecule has 1 aliphatic carbocycles. The van der Waals surface area contributed by atoms with Gasteiger partial charge in [-0.25, -0.2) is 0 Å². The molecule has 1 aromatic rings. The third-order valence-corrected chi connectivity index (χ3v) is 3.49. The van der Waals surface area contributed by atoms with E-state index in [1.165, 1.54) is 5.56 Å². The first-order chi connectivity index (χ1) is 8.15. The first-order valence-corrected chi connectivity index (χ1v) is 6.26. The van der Waals surface area contributed by atoms with Crippen LogP contribution in [0.4, 0.5) is 5.69 Å². The van der Waals surface area contributed by atoms with Crippen LogP contribution in [0.5, 0.6) is 5.75 Å². The van der Waals surface area contributed by atoms with Gasteiger partial charge in [0.25, 0.3) is 5.91 Å². The largest absolute Gasteiger partial charge is 0.478 e. The van der Waals surface area contributed by atoms with Crippen molar-refractivity contribution in [2.24, 2.45) is 5.92 Å². The number of nitrogens with one attached hydrogen (secondary N) is 1. The number of amides is 1. The van der Waals surface area contributed by atoms with Gasteiger partial charge in [-0.1, -0.05) is 19.9 Å². The summed E-state index contributed by atoms with van der Waals surface area (Å²) in [6.07, 6.45) is 1.95. The highest BCUT2D eigenvalue weighted by Crippen LogP contribution is 2.40. The van der Waals surface area contributed by atoms with E-state index < -0.39 is 0 Å². The molecule has 3 nitrogen and oxygen atoms in total. The van der Waals surface area contributed by atoms with Crippen LogP contribution in [0.2, 0.25) is 0 Å². The van der Waals surface area contributed by atoms with Crippen LogP contribution in [0, 0.1) is 5.92 Å². The summed E-state index contributed by atoms with van der Waals surface area (Å²) in [5, 5.41) is 2.96. The Bertz CT molecular complexity index is 463. The van der Waals surface area contributed by atoms with Gasteiger partial charge >= 0.3 is 0 Å². The first-order valence-electron chi connectivity index (χ1n) is 6.26. The molecule has 1 aromatic carbocycles. The van der Waals surface area contributed by atoms with E-state index in [9.17, 15) is 4.79 Å². The molecule has 1 saturated carbocycles. The molecule has 17 heavy (non-hydrogen) atoms.